The second-order valence-corrected chi connectivity index (χ2v) is 17.6. The van der Waals surface area contributed by atoms with E-state index in [-0.39, 0.29) is 24.9 Å². The van der Waals surface area contributed by atoms with Crippen LogP contribution in [0.3, 0.4) is 0 Å². The average molecular weight is 842 g/mol. The zero-order valence-electron chi connectivity index (χ0n) is 39.8. The molecule has 0 saturated heterocycles. The van der Waals surface area contributed by atoms with Crippen LogP contribution in [0.4, 0.5) is 0 Å². The van der Waals surface area contributed by atoms with Gasteiger partial charge in [-0.05, 0) is 70.6 Å². The SMILES string of the molecule is CC/C=C/C=C/C=C\CCCCCC(CC(=O)NC(CO)C(O)CCCCCCCCCCCCCCCCCCC)OC(=O)CCCCC/C=C\CCCCCCCC. The Morgan fingerprint density at radius 2 is 0.917 bits per heavy atom. The van der Waals surface area contributed by atoms with Crippen molar-refractivity contribution >= 4 is 11.9 Å². The molecule has 6 heteroatoms. The van der Waals surface area contributed by atoms with Gasteiger partial charge in [0.1, 0.15) is 6.10 Å². The Bertz CT molecular complexity index is 1040. The number of amides is 1. The number of ether oxygens (including phenoxy) is 1. The molecule has 0 bridgehead atoms. The summed E-state index contributed by atoms with van der Waals surface area (Å²) in [5.74, 6) is -0.524. The first kappa shape index (κ1) is 57.8. The minimum Gasteiger partial charge on any atom is -0.462 e. The van der Waals surface area contributed by atoms with Crippen molar-refractivity contribution in [3.63, 3.8) is 0 Å². The van der Waals surface area contributed by atoms with Gasteiger partial charge < -0.3 is 20.3 Å². The Balaban J connectivity index is 4.52. The molecule has 6 nitrogen and oxygen atoms in total. The lowest BCUT2D eigenvalue weighted by Gasteiger charge is -2.24. The number of unbranched alkanes of at least 4 members (excludes halogenated alkanes) is 28. The number of hydrogen-bond donors (Lipinski definition) is 3. The molecule has 0 aromatic rings. The molecular weight excluding hydrogens is 743 g/mol. The van der Waals surface area contributed by atoms with Gasteiger partial charge in [-0.25, -0.2) is 0 Å². The molecule has 0 rings (SSSR count). The van der Waals surface area contributed by atoms with Gasteiger partial charge in [-0.15, -0.1) is 0 Å². The summed E-state index contributed by atoms with van der Waals surface area (Å²) in [6, 6.07) is -0.715. The van der Waals surface area contributed by atoms with Crippen molar-refractivity contribution in [2.45, 2.75) is 277 Å². The van der Waals surface area contributed by atoms with E-state index in [0.717, 1.165) is 83.5 Å². The third-order valence-corrected chi connectivity index (χ3v) is 11.7. The van der Waals surface area contributed by atoms with Crippen LogP contribution in [-0.4, -0.2) is 46.9 Å². The van der Waals surface area contributed by atoms with Crippen molar-refractivity contribution in [3.05, 3.63) is 48.6 Å². The van der Waals surface area contributed by atoms with Gasteiger partial charge in [0.2, 0.25) is 5.91 Å². The highest BCUT2D eigenvalue weighted by molar-refractivity contribution is 5.77. The zero-order valence-corrected chi connectivity index (χ0v) is 39.8. The summed E-state index contributed by atoms with van der Waals surface area (Å²) in [5, 5.41) is 23.8. The lowest BCUT2D eigenvalue weighted by Crippen LogP contribution is -2.46. The molecule has 350 valence electrons. The van der Waals surface area contributed by atoms with Crippen LogP contribution in [0.25, 0.3) is 0 Å². The standard InChI is InChI=1S/C54H99NO5/c1-4-7-10-13-16-19-22-24-25-26-27-29-31-34-37-40-43-46-52(57)51(49-56)55-53(58)48-50(45-42-39-36-33-30-21-18-15-12-9-6-3)60-54(59)47-44-41-38-35-32-28-23-20-17-14-11-8-5-2/h9,12,15,18,21,28,30,32,50-52,56-57H,4-8,10-11,13-14,16-17,19-20,22-27,29,31,33-49H2,1-3H3,(H,55,58)/b12-9+,18-15+,30-21-,32-28-. The van der Waals surface area contributed by atoms with Gasteiger partial charge in [-0.1, -0.05) is 223 Å². The third-order valence-electron chi connectivity index (χ3n) is 11.7. The minimum absolute atomic E-state index is 0.0491. The Morgan fingerprint density at radius 3 is 1.42 bits per heavy atom. The topological polar surface area (TPSA) is 95.9 Å². The largest absolute Gasteiger partial charge is 0.462 e. The van der Waals surface area contributed by atoms with Gasteiger partial charge in [0, 0.05) is 6.42 Å². The van der Waals surface area contributed by atoms with E-state index >= 15 is 0 Å². The van der Waals surface area contributed by atoms with Gasteiger partial charge in [0.25, 0.3) is 0 Å². The normalized spacial score (nSPS) is 13.6. The van der Waals surface area contributed by atoms with Crippen LogP contribution in [0.5, 0.6) is 0 Å². The Labute approximate surface area is 372 Å². The highest BCUT2D eigenvalue weighted by Crippen LogP contribution is 2.18. The summed E-state index contributed by atoms with van der Waals surface area (Å²) < 4.78 is 5.89. The molecule has 1 amide bonds. The molecule has 60 heavy (non-hydrogen) atoms. The molecule has 0 aromatic heterocycles. The van der Waals surface area contributed by atoms with E-state index in [1.807, 2.05) is 12.2 Å². The Hall–Kier alpha value is -2.18. The van der Waals surface area contributed by atoms with Crippen molar-refractivity contribution in [2.75, 3.05) is 6.61 Å². The first-order valence-corrected chi connectivity index (χ1v) is 25.9. The fourth-order valence-electron chi connectivity index (χ4n) is 7.78. The van der Waals surface area contributed by atoms with Gasteiger partial charge in [-0.2, -0.15) is 0 Å². The third kappa shape index (κ3) is 42.5. The van der Waals surface area contributed by atoms with Gasteiger partial charge >= 0.3 is 5.97 Å². The van der Waals surface area contributed by atoms with Crippen molar-refractivity contribution in [1.82, 2.24) is 5.32 Å². The molecule has 3 unspecified atom stereocenters. The number of hydrogen-bond acceptors (Lipinski definition) is 5. The number of aliphatic hydroxyl groups excluding tert-OH is 2. The lowest BCUT2D eigenvalue weighted by molar-refractivity contribution is -0.151. The number of esters is 1. The summed E-state index contributed by atoms with van der Waals surface area (Å²) in [5.41, 5.74) is 0. The van der Waals surface area contributed by atoms with Crippen molar-refractivity contribution in [2.24, 2.45) is 0 Å². The van der Waals surface area contributed by atoms with Gasteiger partial charge in [0.15, 0.2) is 0 Å². The van der Waals surface area contributed by atoms with Gasteiger partial charge in [0.05, 0.1) is 25.2 Å². The number of carbonyl (C=O) groups excluding carboxylic acids is 2. The molecule has 0 spiro atoms. The first-order valence-electron chi connectivity index (χ1n) is 25.9. The van der Waals surface area contributed by atoms with Crippen LogP contribution in [0.2, 0.25) is 0 Å². The molecule has 3 N–H and O–H groups in total. The van der Waals surface area contributed by atoms with E-state index in [1.165, 1.54) is 128 Å². The van der Waals surface area contributed by atoms with E-state index in [9.17, 15) is 19.8 Å². The van der Waals surface area contributed by atoms with Crippen LogP contribution in [0.1, 0.15) is 258 Å². The first-order chi connectivity index (χ1) is 29.5. The van der Waals surface area contributed by atoms with E-state index in [1.54, 1.807) is 0 Å². The van der Waals surface area contributed by atoms with Gasteiger partial charge in [-0.3, -0.25) is 9.59 Å². The molecule has 0 aromatic carbocycles. The van der Waals surface area contributed by atoms with Crippen molar-refractivity contribution in [1.29, 1.82) is 0 Å². The van der Waals surface area contributed by atoms with Crippen LogP contribution < -0.4 is 5.32 Å². The summed E-state index contributed by atoms with van der Waals surface area (Å²) in [6.45, 7) is 6.34. The number of rotatable bonds is 46. The quantitative estimate of drug-likeness (QED) is 0.0246. The smallest absolute Gasteiger partial charge is 0.306 e. The van der Waals surface area contributed by atoms with Crippen molar-refractivity contribution < 1.29 is 24.5 Å². The highest BCUT2D eigenvalue weighted by atomic mass is 16.5. The summed E-state index contributed by atoms with van der Waals surface area (Å²) >= 11 is 0. The molecule has 0 saturated carbocycles. The van der Waals surface area contributed by atoms with Crippen LogP contribution in [0, 0.1) is 0 Å². The molecule has 0 aliphatic rings. The van der Waals surface area contributed by atoms with E-state index in [2.05, 4.69) is 62.5 Å². The monoisotopic (exact) mass is 842 g/mol. The number of aliphatic hydroxyl groups is 2. The Morgan fingerprint density at radius 1 is 0.500 bits per heavy atom. The average Bonchev–Trinajstić information content (AvgIpc) is 3.24. The summed E-state index contributed by atoms with van der Waals surface area (Å²) in [7, 11) is 0. The zero-order chi connectivity index (χ0) is 43.8. The number of nitrogens with one attached hydrogen (secondary N) is 1. The molecule has 0 aliphatic heterocycles. The molecule has 0 radical (unpaired) electrons. The fraction of sp³-hybridized carbons (Fsp3) is 0.815. The second kappa shape index (κ2) is 47.9. The maximum atomic E-state index is 13.2. The summed E-state index contributed by atoms with van der Waals surface area (Å²) in [6.07, 6.45) is 57.5. The maximum Gasteiger partial charge on any atom is 0.306 e. The number of allylic oxidation sites excluding steroid dienone is 8. The van der Waals surface area contributed by atoms with Crippen LogP contribution in [0.15, 0.2) is 48.6 Å². The van der Waals surface area contributed by atoms with E-state index < -0.39 is 18.2 Å². The Kier molecular flexibility index (Phi) is 46.1. The molecule has 0 aliphatic carbocycles. The van der Waals surface area contributed by atoms with E-state index in [4.69, 9.17) is 4.74 Å². The summed E-state index contributed by atoms with van der Waals surface area (Å²) in [4.78, 5) is 26.1. The molecule has 0 heterocycles. The van der Waals surface area contributed by atoms with E-state index in [0.29, 0.717) is 19.3 Å². The predicted molar refractivity (Wildman–Crippen MR) is 259 cm³/mol. The predicted octanol–water partition coefficient (Wildman–Crippen LogP) is 15.5. The molecule has 3 atom stereocenters. The van der Waals surface area contributed by atoms with Crippen LogP contribution in [-0.2, 0) is 14.3 Å². The fourth-order valence-corrected chi connectivity index (χ4v) is 7.78. The van der Waals surface area contributed by atoms with Crippen molar-refractivity contribution in [3.8, 4) is 0 Å². The van der Waals surface area contributed by atoms with Crippen LogP contribution >= 0.6 is 0 Å². The highest BCUT2D eigenvalue weighted by Gasteiger charge is 2.24. The lowest BCUT2D eigenvalue weighted by atomic mass is 10.0. The maximum absolute atomic E-state index is 13.2. The number of carbonyl (C=O) groups is 2. The molecular formula is C54H99NO5. The second-order valence-electron chi connectivity index (χ2n) is 17.6. The minimum atomic E-state index is -0.799. The molecule has 0 fully saturated rings.